The highest BCUT2D eigenvalue weighted by molar-refractivity contribution is 9.10. The summed E-state index contributed by atoms with van der Waals surface area (Å²) < 4.78 is 6.32. The Morgan fingerprint density at radius 3 is 2.68 bits per heavy atom. The number of benzene rings is 1. The Morgan fingerprint density at radius 2 is 2.11 bits per heavy atom. The summed E-state index contributed by atoms with van der Waals surface area (Å²) in [7, 11) is 0. The van der Waals surface area contributed by atoms with Crippen LogP contribution in [0.15, 0.2) is 28.7 Å². The van der Waals surface area contributed by atoms with E-state index in [-0.39, 0.29) is 12.5 Å². The van der Waals surface area contributed by atoms with Crippen molar-refractivity contribution in [3.8, 4) is 5.75 Å². The molecule has 1 rings (SSSR count). The van der Waals surface area contributed by atoms with Crippen LogP contribution in [0.4, 0.5) is 0 Å². The zero-order chi connectivity index (χ0) is 14.4. The van der Waals surface area contributed by atoms with Crippen LogP contribution in [-0.2, 0) is 9.59 Å². The van der Waals surface area contributed by atoms with Gasteiger partial charge in [-0.1, -0.05) is 28.9 Å². The summed E-state index contributed by atoms with van der Waals surface area (Å²) in [6, 6.07) is 7.15. The normalized spacial score (nSPS) is 13.4. The maximum atomic E-state index is 11.7. The molecule has 6 heteroatoms. The molecular formula is C13H16BrNO4. The Labute approximate surface area is 120 Å². The van der Waals surface area contributed by atoms with E-state index in [0.717, 1.165) is 4.47 Å². The van der Waals surface area contributed by atoms with Crippen LogP contribution in [-0.4, -0.2) is 29.6 Å². The SMILES string of the molecule is CC(CNC(=O)C(C)Oc1cccc(Br)c1)C(=O)O. The molecule has 2 N–H and O–H groups in total. The van der Waals surface area contributed by atoms with Gasteiger partial charge in [-0.05, 0) is 25.1 Å². The second-order valence-corrected chi connectivity index (χ2v) is 5.12. The summed E-state index contributed by atoms with van der Waals surface area (Å²) in [5, 5.41) is 11.3. The molecule has 1 aromatic rings. The van der Waals surface area contributed by atoms with E-state index in [2.05, 4.69) is 21.2 Å². The molecule has 0 aromatic heterocycles. The van der Waals surface area contributed by atoms with Gasteiger partial charge in [0.1, 0.15) is 5.75 Å². The molecule has 1 aromatic carbocycles. The first-order valence-corrected chi connectivity index (χ1v) is 6.62. The number of carbonyl (C=O) groups excluding carboxylic acids is 1. The molecule has 5 nitrogen and oxygen atoms in total. The lowest BCUT2D eigenvalue weighted by Gasteiger charge is -2.15. The summed E-state index contributed by atoms with van der Waals surface area (Å²) >= 11 is 3.31. The van der Waals surface area contributed by atoms with Crippen molar-refractivity contribution in [3.05, 3.63) is 28.7 Å². The monoisotopic (exact) mass is 329 g/mol. The van der Waals surface area contributed by atoms with Crippen molar-refractivity contribution in [2.75, 3.05) is 6.54 Å². The Kier molecular flexibility index (Phi) is 5.82. The van der Waals surface area contributed by atoms with Crippen molar-refractivity contribution in [1.29, 1.82) is 0 Å². The van der Waals surface area contributed by atoms with Gasteiger partial charge in [0.05, 0.1) is 5.92 Å². The third kappa shape index (κ3) is 5.30. The molecule has 0 aliphatic rings. The molecule has 0 radical (unpaired) electrons. The molecule has 0 bridgehead atoms. The number of carbonyl (C=O) groups is 2. The van der Waals surface area contributed by atoms with Crippen LogP contribution in [0.25, 0.3) is 0 Å². The largest absolute Gasteiger partial charge is 0.481 e. The van der Waals surface area contributed by atoms with Crippen molar-refractivity contribution in [3.63, 3.8) is 0 Å². The average molecular weight is 330 g/mol. The Balaban J connectivity index is 2.47. The molecular weight excluding hydrogens is 314 g/mol. The van der Waals surface area contributed by atoms with Gasteiger partial charge >= 0.3 is 5.97 Å². The molecule has 0 aliphatic heterocycles. The fraction of sp³-hybridized carbons (Fsp3) is 0.385. The fourth-order valence-electron chi connectivity index (χ4n) is 1.28. The van der Waals surface area contributed by atoms with E-state index >= 15 is 0 Å². The van der Waals surface area contributed by atoms with E-state index in [1.54, 1.807) is 25.1 Å². The van der Waals surface area contributed by atoms with Crippen LogP contribution in [0.2, 0.25) is 0 Å². The van der Waals surface area contributed by atoms with E-state index in [1.807, 2.05) is 6.07 Å². The number of nitrogens with one attached hydrogen (secondary N) is 1. The topological polar surface area (TPSA) is 75.6 Å². The van der Waals surface area contributed by atoms with Gasteiger partial charge in [-0.3, -0.25) is 9.59 Å². The number of aliphatic carboxylic acids is 1. The number of hydrogen-bond donors (Lipinski definition) is 2. The van der Waals surface area contributed by atoms with Gasteiger partial charge in [-0.2, -0.15) is 0 Å². The van der Waals surface area contributed by atoms with E-state index in [0.29, 0.717) is 5.75 Å². The lowest BCUT2D eigenvalue weighted by molar-refractivity contribution is -0.141. The van der Waals surface area contributed by atoms with Crippen LogP contribution in [0.5, 0.6) is 5.75 Å². The van der Waals surface area contributed by atoms with Gasteiger partial charge in [-0.15, -0.1) is 0 Å². The highest BCUT2D eigenvalue weighted by atomic mass is 79.9. The Bertz CT molecular complexity index is 464. The zero-order valence-electron chi connectivity index (χ0n) is 10.7. The maximum Gasteiger partial charge on any atom is 0.308 e. The van der Waals surface area contributed by atoms with Crippen molar-refractivity contribution in [2.45, 2.75) is 20.0 Å². The summed E-state index contributed by atoms with van der Waals surface area (Å²) in [6.45, 7) is 3.23. The highest BCUT2D eigenvalue weighted by Crippen LogP contribution is 2.18. The lowest BCUT2D eigenvalue weighted by atomic mass is 10.2. The molecule has 0 heterocycles. The number of amides is 1. The van der Waals surface area contributed by atoms with Crippen molar-refractivity contribution in [1.82, 2.24) is 5.32 Å². The predicted octanol–water partition coefficient (Wildman–Crippen LogP) is 2.05. The second-order valence-electron chi connectivity index (χ2n) is 4.20. The van der Waals surface area contributed by atoms with Crippen LogP contribution >= 0.6 is 15.9 Å². The summed E-state index contributed by atoms with van der Waals surface area (Å²) in [6.07, 6.45) is -0.685. The molecule has 0 spiro atoms. The minimum atomic E-state index is -0.944. The van der Waals surface area contributed by atoms with Gasteiger partial charge in [0.2, 0.25) is 0 Å². The van der Waals surface area contributed by atoms with Gasteiger partial charge in [0.15, 0.2) is 6.10 Å². The molecule has 2 atom stereocenters. The Hall–Kier alpha value is -1.56. The van der Waals surface area contributed by atoms with Crippen LogP contribution < -0.4 is 10.1 Å². The molecule has 0 saturated heterocycles. The first-order valence-electron chi connectivity index (χ1n) is 5.83. The van der Waals surface area contributed by atoms with Gasteiger partial charge in [0, 0.05) is 11.0 Å². The molecule has 1 amide bonds. The minimum absolute atomic E-state index is 0.0837. The lowest BCUT2D eigenvalue weighted by Crippen LogP contribution is -2.39. The molecule has 104 valence electrons. The number of rotatable bonds is 6. The van der Waals surface area contributed by atoms with Gasteiger partial charge in [0.25, 0.3) is 5.91 Å². The second kappa shape index (κ2) is 7.13. The predicted molar refractivity (Wildman–Crippen MR) is 74.0 cm³/mol. The smallest absolute Gasteiger partial charge is 0.308 e. The van der Waals surface area contributed by atoms with Crippen molar-refractivity contribution in [2.24, 2.45) is 5.92 Å². The van der Waals surface area contributed by atoms with E-state index in [4.69, 9.17) is 9.84 Å². The average Bonchev–Trinajstić information content (AvgIpc) is 2.35. The standard InChI is InChI=1S/C13H16BrNO4/c1-8(13(17)18)7-15-12(16)9(2)19-11-5-3-4-10(14)6-11/h3-6,8-9H,7H2,1-2H3,(H,15,16)(H,17,18). The number of hydrogen-bond acceptors (Lipinski definition) is 3. The highest BCUT2D eigenvalue weighted by Gasteiger charge is 2.17. The summed E-state index contributed by atoms with van der Waals surface area (Å²) in [4.78, 5) is 22.3. The molecule has 0 fully saturated rings. The molecule has 0 saturated carbocycles. The summed E-state index contributed by atoms with van der Waals surface area (Å²) in [5.41, 5.74) is 0. The number of carboxylic acid groups (broad SMARTS) is 1. The van der Waals surface area contributed by atoms with Gasteiger partial charge < -0.3 is 15.2 Å². The first-order chi connectivity index (χ1) is 8.90. The van der Waals surface area contributed by atoms with Crippen LogP contribution in [0.3, 0.4) is 0 Å². The molecule has 0 aliphatic carbocycles. The fourth-order valence-corrected chi connectivity index (χ4v) is 1.66. The van der Waals surface area contributed by atoms with E-state index < -0.39 is 18.0 Å². The Morgan fingerprint density at radius 1 is 1.42 bits per heavy atom. The van der Waals surface area contributed by atoms with E-state index in [1.165, 1.54) is 6.92 Å². The maximum absolute atomic E-state index is 11.7. The van der Waals surface area contributed by atoms with Crippen LogP contribution in [0.1, 0.15) is 13.8 Å². The minimum Gasteiger partial charge on any atom is -0.481 e. The third-order valence-electron chi connectivity index (χ3n) is 2.48. The quantitative estimate of drug-likeness (QED) is 0.837. The van der Waals surface area contributed by atoms with Gasteiger partial charge in [-0.25, -0.2) is 0 Å². The van der Waals surface area contributed by atoms with Crippen LogP contribution in [0, 0.1) is 5.92 Å². The third-order valence-corrected chi connectivity index (χ3v) is 2.98. The van der Waals surface area contributed by atoms with E-state index in [9.17, 15) is 9.59 Å². The van der Waals surface area contributed by atoms with Crippen molar-refractivity contribution < 1.29 is 19.4 Å². The number of halogens is 1. The van der Waals surface area contributed by atoms with Crippen molar-refractivity contribution >= 4 is 27.8 Å². The first kappa shape index (κ1) is 15.5. The molecule has 19 heavy (non-hydrogen) atoms. The molecule has 2 unspecified atom stereocenters. The number of ether oxygens (including phenoxy) is 1. The zero-order valence-corrected chi connectivity index (χ0v) is 12.3. The number of carboxylic acids is 1. The summed E-state index contributed by atoms with van der Waals surface area (Å²) in [5.74, 6) is -1.33.